The lowest BCUT2D eigenvalue weighted by Crippen LogP contribution is -2.55. The van der Waals surface area contributed by atoms with E-state index in [0.717, 1.165) is 12.0 Å². The monoisotopic (exact) mass is 280 g/mol. The van der Waals surface area contributed by atoms with E-state index in [4.69, 9.17) is 5.26 Å². The minimum Gasteiger partial charge on any atom is -0.394 e. The molecule has 19 heavy (non-hydrogen) atoms. The lowest BCUT2D eigenvalue weighted by molar-refractivity contribution is 0.110. The molecule has 2 rings (SSSR count). The summed E-state index contributed by atoms with van der Waals surface area (Å²) in [5, 5.41) is 17.9. The van der Waals surface area contributed by atoms with Crippen LogP contribution in [0.1, 0.15) is 24.8 Å². The third-order valence-electron chi connectivity index (χ3n) is 3.48. The third-order valence-corrected chi connectivity index (χ3v) is 5.08. The minimum atomic E-state index is -3.62. The summed E-state index contributed by atoms with van der Waals surface area (Å²) in [5.41, 5.74) is 0.0893. The smallest absolute Gasteiger partial charge is 0.241 e. The molecule has 1 saturated carbocycles. The van der Waals surface area contributed by atoms with Crippen molar-refractivity contribution in [2.24, 2.45) is 0 Å². The lowest BCUT2D eigenvalue weighted by atomic mass is 9.78. The number of nitriles is 1. The Morgan fingerprint density at radius 3 is 2.37 bits per heavy atom. The summed E-state index contributed by atoms with van der Waals surface area (Å²) in [6, 6.07) is 8.24. The van der Waals surface area contributed by atoms with Crippen molar-refractivity contribution >= 4 is 10.0 Å². The molecule has 1 aliphatic rings. The summed E-state index contributed by atoms with van der Waals surface area (Å²) < 4.78 is 26.9. The van der Waals surface area contributed by atoms with Gasteiger partial charge in [0.25, 0.3) is 0 Å². The number of aliphatic hydroxyl groups is 1. The Morgan fingerprint density at radius 2 is 1.95 bits per heavy atom. The van der Waals surface area contributed by atoms with Gasteiger partial charge in [-0.1, -0.05) is 12.1 Å². The maximum atomic E-state index is 12.2. The molecule has 0 saturated heterocycles. The van der Waals surface area contributed by atoms with E-state index >= 15 is 0 Å². The number of benzene rings is 1. The molecular weight excluding hydrogens is 264 g/mol. The Morgan fingerprint density at radius 1 is 1.32 bits per heavy atom. The quantitative estimate of drug-likeness (QED) is 0.840. The molecule has 0 aromatic heterocycles. The summed E-state index contributed by atoms with van der Waals surface area (Å²) in [5.74, 6) is 0. The van der Waals surface area contributed by atoms with Crippen molar-refractivity contribution in [1.29, 1.82) is 5.26 Å². The van der Waals surface area contributed by atoms with Crippen LogP contribution in [0, 0.1) is 11.3 Å². The SMILES string of the molecule is N#CCc1ccc(S(=O)(=O)NC2(CO)CCC2)cc1. The highest BCUT2D eigenvalue weighted by molar-refractivity contribution is 7.89. The van der Waals surface area contributed by atoms with Crippen LogP contribution >= 0.6 is 0 Å². The minimum absolute atomic E-state index is 0.161. The summed E-state index contributed by atoms with van der Waals surface area (Å²) in [4.78, 5) is 0.161. The average molecular weight is 280 g/mol. The zero-order valence-corrected chi connectivity index (χ0v) is 11.3. The Kier molecular flexibility index (Phi) is 3.90. The summed E-state index contributed by atoms with van der Waals surface area (Å²) in [7, 11) is -3.62. The molecule has 0 atom stereocenters. The molecule has 0 radical (unpaired) electrons. The van der Waals surface area contributed by atoms with Gasteiger partial charge in [0, 0.05) is 0 Å². The van der Waals surface area contributed by atoms with E-state index in [2.05, 4.69) is 4.72 Å². The first-order valence-electron chi connectivity index (χ1n) is 6.12. The summed E-state index contributed by atoms with van der Waals surface area (Å²) >= 11 is 0. The molecule has 1 fully saturated rings. The third kappa shape index (κ3) is 2.95. The summed E-state index contributed by atoms with van der Waals surface area (Å²) in [6.07, 6.45) is 2.50. The van der Waals surface area contributed by atoms with Crippen LogP contribution in [0.15, 0.2) is 29.2 Å². The van der Waals surface area contributed by atoms with Crippen molar-refractivity contribution in [1.82, 2.24) is 4.72 Å². The van der Waals surface area contributed by atoms with E-state index in [9.17, 15) is 13.5 Å². The first-order chi connectivity index (χ1) is 9.01. The van der Waals surface area contributed by atoms with Gasteiger partial charge in [0.15, 0.2) is 0 Å². The fourth-order valence-electron chi connectivity index (χ4n) is 2.12. The van der Waals surface area contributed by atoms with Gasteiger partial charge in [-0.2, -0.15) is 5.26 Å². The van der Waals surface area contributed by atoms with Crippen LogP contribution in [-0.4, -0.2) is 25.7 Å². The first kappa shape index (κ1) is 14.0. The van der Waals surface area contributed by atoms with Crippen LogP contribution in [-0.2, 0) is 16.4 Å². The average Bonchev–Trinajstić information content (AvgIpc) is 2.35. The number of nitrogens with one attached hydrogen (secondary N) is 1. The second-order valence-corrected chi connectivity index (χ2v) is 6.56. The molecule has 2 N–H and O–H groups in total. The second kappa shape index (κ2) is 5.29. The highest BCUT2D eigenvalue weighted by Crippen LogP contribution is 2.32. The number of aliphatic hydroxyl groups excluding tert-OH is 1. The standard InChI is InChI=1S/C13H16N2O3S/c14-9-6-11-2-4-12(5-3-11)19(17,18)15-13(10-16)7-1-8-13/h2-5,15-16H,1,6-8,10H2. The number of hydrogen-bond donors (Lipinski definition) is 2. The normalized spacial score (nSPS) is 17.5. The molecule has 0 heterocycles. The van der Waals surface area contributed by atoms with Crippen LogP contribution in [0.2, 0.25) is 0 Å². The van der Waals surface area contributed by atoms with E-state index in [1.54, 1.807) is 12.1 Å². The van der Waals surface area contributed by atoms with Crippen LogP contribution in [0.3, 0.4) is 0 Å². The Balaban J connectivity index is 2.17. The Labute approximate surface area is 112 Å². The predicted octanol–water partition coefficient (Wildman–Crippen LogP) is 0.946. The van der Waals surface area contributed by atoms with Gasteiger partial charge < -0.3 is 5.11 Å². The molecule has 0 aliphatic heterocycles. The van der Waals surface area contributed by atoms with Gasteiger partial charge in [0.05, 0.1) is 29.5 Å². The van der Waals surface area contributed by atoms with Crippen LogP contribution in [0.4, 0.5) is 0 Å². The maximum Gasteiger partial charge on any atom is 0.241 e. The first-order valence-corrected chi connectivity index (χ1v) is 7.60. The van der Waals surface area contributed by atoms with E-state index in [1.165, 1.54) is 12.1 Å². The molecule has 1 aliphatic carbocycles. The zero-order valence-electron chi connectivity index (χ0n) is 10.5. The van der Waals surface area contributed by atoms with Crippen LogP contribution < -0.4 is 4.72 Å². The molecule has 1 aromatic carbocycles. The van der Waals surface area contributed by atoms with E-state index in [-0.39, 0.29) is 17.9 Å². The van der Waals surface area contributed by atoms with Crippen molar-refractivity contribution in [3.8, 4) is 6.07 Å². The highest BCUT2D eigenvalue weighted by Gasteiger charge is 2.40. The highest BCUT2D eigenvalue weighted by atomic mass is 32.2. The van der Waals surface area contributed by atoms with Crippen molar-refractivity contribution in [2.75, 3.05) is 6.61 Å². The van der Waals surface area contributed by atoms with Gasteiger partial charge in [-0.3, -0.25) is 0 Å². The maximum absolute atomic E-state index is 12.2. The number of nitrogens with zero attached hydrogens (tertiary/aromatic N) is 1. The molecule has 0 amide bonds. The number of rotatable bonds is 5. The van der Waals surface area contributed by atoms with Gasteiger partial charge in [-0.25, -0.2) is 13.1 Å². The number of hydrogen-bond acceptors (Lipinski definition) is 4. The largest absolute Gasteiger partial charge is 0.394 e. The fourth-order valence-corrected chi connectivity index (χ4v) is 3.57. The lowest BCUT2D eigenvalue weighted by Gasteiger charge is -2.40. The van der Waals surface area contributed by atoms with Crippen molar-refractivity contribution in [3.63, 3.8) is 0 Å². The number of sulfonamides is 1. The Bertz CT molecular complexity index is 578. The predicted molar refractivity (Wildman–Crippen MR) is 69.7 cm³/mol. The fraction of sp³-hybridized carbons (Fsp3) is 0.462. The van der Waals surface area contributed by atoms with Crippen LogP contribution in [0.25, 0.3) is 0 Å². The Hall–Kier alpha value is -1.42. The second-order valence-electron chi connectivity index (χ2n) is 4.88. The van der Waals surface area contributed by atoms with Crippen LogP contribution in [0.5, 0.6) is 0 Å². The summed E-state index contributed by atoms with van der Waals surface area (Å²) in [6.45, 7) is -0.182. The van der Waals surface area contributed by atoms with E-state index in [0.29, 0.717) is 12.8 Å². The van der Waals surface area contributed by atoms with Crippen molar-refractivity contribution in [2.45, 2.75) is 36.1 Å². The molecular formula is C13H16N2O3S. The molecule has 0 bridgehead atoms. The van der Waals surface area contributed by atoms with Gasteiger partial charge in [0.2, 0.25) is 10.0 Å². The molecule has 102 valence electrons. The van der Waals surface area contributed by atoms with Crippen molar-refractivity contribution < 1.29 is 13.5 Å². The van der Waals surface area contributed by atoms with Gasteiger partial charge in [-0.15, -0.1) is 0 Å². The van der Waals surface area contributed by atoms with Gasteiger partial charge in [-0.05, 0) is 37.0 Å². The zero-order chi connectivity index (χ0) is 13.9. The topological polar surface area (TPSA) is 90.2 Å². The molecule has 6 heteroatoms. The molecule has 0 spiro atoms. The van der Waals surface area contributed by atoms with E-state index < -0.39 is 15.6 Å². The van der Waals surface area contributed by atoms with Crippen molar-refractivity contribution in [3.05, 3.63) is 29.8 Å². The van der Waals surface area contributed by atoms with Gasteiger partial charge in [0.1, 0.15) is 0 Å². The molecule has 5 nitrogen and oxygen atoms in total. The van der Waals surface area contributed by atoms with E-state index in [1.807, 2.05) is 6.07 Å². The molecule has 1 aromatic rings. The molecule has 0 unspecified atom stereocenters. The van der Waals surface area contributed by atoms with Gasteiger partial charge >= 0.3 is 0 Å².